The van der Waals surface area contributed by atoms with Crippen LogP contribution < -0.4 is 0 Å². The Bertz CT molecular complexity index is 465. The molecule has 3 amide bonds. The zero-order valence-corrected chi connectivity index (χ0v) is 14.3. The fraction of sp³-hybridized carbons (Fsp3) is 0.812. The maximum absolute atomic E-state index is 12.7. The van der Waals surface area contributed by atoms with E-state index in [-0.39, 0.29) is 30.9 Å². The van der Waals surface area contributed by atoms with E-state index in [1.54, 1.807) is 4.90 Å². The zero-order chi connectivity index (χ0) is 17.5. The highest BCUT2D eigenvalue weighted by Crippen LogP contribution is 2.21. The number of carboxylic acid groups (broad SMARTS) is 1. The Morgan fingerprint density at radius 3 is 2.42 bits per heavy atom. The number of hydrogen-bond donors (Lipinski definition) is 1. The molecular formula is C16H27N3O5. The van der Waals surface area contributed by atoms with Gasteiger partial charge in [0, 0.05) is 39.8 Å². The fourth-order valence-corrected chi connectivity index (χ4v) is 3.35. The molecule has 8 nitrogen and oxygen atoms in total. The van der Waals surface area contributed by atoms with Gasteiger partial charge >= 0.3 is 12.0 Å². The zero-order valence-electron chi connectivity index (χ0n) is 14.3. The average Bonchev–Trinajstić information content (AvgIpc) is 3.11. The Labute approximate surface area is 142 Å². The van der Waals surface area contributed by atoms with Crippen LogP contribution in [-0.4, -0.2) is 90.7 Å². The van der Waals surface area contributed by atoms with Gasteiger partial charge in [0.25, 0.3) is 0 Å². The Hall–Kier alpha value is -1.83. The molecule has 0 bridgehead atoms. The molecule has 0 saturated carbocycles. The first-order valence-corrected chi connectivity index (χ1v) is 8.56. The number of carboxylic acids is 1. The molecule has 2 heterocycles. The van der Waals surface area contributed by atoms with Gasteiger partial charge in [-0.1, -0.05) is 0 Å². The van der Waals surface area contributed by atoms with E-state index < -0.39 is 5.97 Å². The minimum atomic E-state index is -1.04. The number of likely N-dealkylation sites (tertiary alicyclic amines) is 2. The van der Waals surface area contributed by atoms with E-state index in [1.165, 1.54) is 12.0 Å². The molecule has 136 valence electrons. The van der Waals surface area contributed by atoms with Crippen molar-refractivity contribution in [1.82, 2.24) is 14.7 Å². The SMILES string of the molecule is COCCN(CC(=O)O)C(=O)C1CCCN(C(=O)N2CCCC2)C1. The first kappa shape index (κ1) is 18.5. The number of methoxy groups -OCH3 is 1. The van der Waals surface area contributed by atoms with Crippen molar-refractivity contribution in [2.75, 3.05) is 53.0 Å². The Balaban J connectivity index is 1.96. The minimum absolute atomic E-state index is 0.00618. The number of amides is 3. The van der Waals surface area contributed by atoms with E-state index in [2.05, 4.69) is 0 Å². The Morgan fingerprint density at radius 2 is 1.79 bits per heavy atom. The molecule has 2 fully saturated rings. The standard InChI is InChI=1S/C16H27N3O5/c1-24-10-9-18(12-14(20)21)15(22)13-5-4-8-19(11-13)16(23)17-6-2-3-7-17/h13H,2-12H2,1H3,(H,20,21). The maximum Gasteiger partial charge on any atom is 0.323 e. The molecule has 2 rings (SSSR count). The second kappa shape index (κ2) is 8.86. The summed E-state index contributed by atoms with van der Waals surface area (Å²) in [7, 11) is 1.51. The van der Waals surface area contributed by atoms with Crippen LogP contribution in [0.15, 0.2) is 0 Å². The number of carbonyl (C=O) groups is 3. The van der Waals surface area contributed by atoms with Crippen molar-refractivity contribution in [2.24, 2.45) is 5.92 Å². The van der Waals surface area contributed by atoms with Crippen molar-refractivity contribution in [2.45, 2.75) is 25.7 Å². The van der Waals surface area contributed by atoms with Gasteiger partial charge in [-0.3, -0.25) is 9.59 Å². The lowest BCUT2D eigenvalue weighted by molar-refractivity contribution is -0.147. The van der Waals surface area contributed by atoms with Gasteiger partial charge in [-0.2, -0.15) is 0 Å². The lowest BCUT2D eigenvalue weighted by Crippen LogP contribution is -2.51. The van der Waals surface area contributed by atoms with E-state index in [1.807, 2.05) is 4.90 Å². The topological polar surface area (TPSA) is 90.4 Å². The number of aliphatic carboxylic acids is 1. The van der Waals surface area contributed by atoms with Gasteiger partial charge in [0.05, 0.1) is 12.5 Å². The highest BCUT2D eigenvalue weighted by Gasteiger charge is 2.33. The molecule has 1 N–H and O–H groups in total. The molecule has 24 heavy (non-hydrogen) atoms. The van der Waals surface area contributed by atoms with Crippen LogP contribution in [0.25, 0.3) is 0 Å². The van der Waals surface area contributed by atoms with E-state index in [0.717, 1.165) is 32.4 Å². The molecule has 0 aromatic rings. The monoisotopic (exact) mass is 341 g/mol. The first-order valence-electron chi connectivity index (χ1n) is 8.56. The summed E-state index contributed by atoms with van der Waals surface area (Å²) in [5, 5.41) is 9.01. The Morgan fingerprint density at radius 1 is 1.12 bits per heavy atom. The molecule has 2 aliphatic heterocycles. The third kappa shape index (κ3) is 4.83. The normalized spacial score (nSPS) is 21.0. The number of rotatable bonds is 6. The number of nitrogens with zero attached hydrogens (tertiary/aromatic N) is 3. The van der Waals surface area contributed by atoms with Crippen LogP contribution in [0.3, 0.4) is 0 Å². The van der Waals surface area contributed by atoms with Crippen molar-refractivity contribution >= 4 is 17.9 Å². The second-order valence-electron chi connectivity index (χ2n) is 6.41. The number of piperidine rings is 1. The van der Waals surface area contributed by atoms with Crippen LogP contribution in [0.1, 0.15) is 25.7 Å². The van der Waals surface area contributed by atoms with Crippen LogP contribution in [-0.2, 0) is 14.3 Å². The van der Waals surface area contributed by atoms with Gasteiger partial charge < -0.3 is 24.5 Å². The molecule has 1 atom stereocenters. The summed E-state index contributed by atoms with van der Waals surface area (Å²) in [6.07, 6.45) is 3.52. The second-order valence-corrected chi connectivity index (χ2v) is 6.41. The molecule has 0 aliphatic carbocycles. The van der Waals surface area contributed by atoms with Crippen LogP contribution in [0.2, 0.25) is 0 Å². The first-order chi connectivity index (χ1) is 11.5. The summed E-state index contributed by atoms with van der Waals surface area (Å²) in [4.78, 5) is 41.1. The largest absolute Gasteiger partial charge is 0.480 e. The molecule has 8 heteroatoms. The molecule has 0 aromatic carbocycles. The van der Waals surface area contributed by atoms with Gasteiger partial charge in [0.15, 0.2) is 0 Å². The van der Waals surface area contributed by atoms with Crippen molar-refractivity contribution in [3.05, 3.63) is 0 Å². The van der Waals surface area contributed by atoms with Crippen molar-refractivity contribution in [1.29, 1.82) is 0 Å². The summed E-state index contributed by atoms with van der Waals surface area (Å²) in [6, 6.07) is 0.00618. The molecule has 2 saturated heterocycles. The van der Waals surface area contributed by atoms with Crippen LogP contribution >= 0.6 is 0 Å². The quantitative estimate of drug-likeness (QED) is 0.759. The van der Waals surface area contributed by atoms with E-state index in [0.29, 0.717) is 26.1 Å². The lowest BCUT2D eigenvalue weighted by Gasteiger charge is -2.36. The van der Waals surface area contributed by atoms with Gasteiger partial charge in [-0.05, 0) is 25.7 Å². The summed E-state index contributed by atoms with van der Waals surface area (Å²) in [6.45, 7) is 2.81. The third-order valence-electron chi connectivity index (χ3n) is 4.62. The van der Waals surface area contributed by atoms with E-state index >= 15 is 0 Å². The maximum atomic E-state index is 12.7. The van der Waals surface area contributed by atoms with Crippen molar-refractivity contribution in [3.8, 4) is 0 Å². The van der Waals surface area contributed by atoms with Gasteiger partial charge in [-0.15, -0.1) is 0 Å². The number of ether oxygens (including phenoxy) is 1. The number of hydrogen-bond acceptors (Lipinski definition) is 4. The summed E-state index contributed by atoms with van der Waals surface area (Å²) < 4.78 is 4.96. The average molecular weight is 341 g/mol. The predicted octanol–water partition coefficient (Wildman–Crippen LogP) is 0.474. The summed E-state index contributed by atoms with van der Waals surface area (Å²) in [5.74, 6) is -1.57. The van der Waals surface area contributed by atoms with Gasteiger partial charge in [0.1, 0.15) is 6.54 Å². The minimum Gasteiger partial charge on any atom is -0.480 e. The smallest absolute Gasteiger partial charge is 0.323 e. The molecule has 0 spiro atoms. The van der Waals surface area contributed by atoms with Crippen LogP contribution in [0.4, 0.5) is 4.79 Å². The molecule has 0 radical (unpaired) electrons. The molecule has 1 unspecified atom stereocenters. The highest BCUT2D eigenvalue weighted by molar-refractivity contribution is 5.84. The van der Waals surface area contributed by atoms with E-state index in [4.69, 9.17) is 9.84 Å². The molecular weight excluding hydrogens is 314 g/mol. The fourth-order valence-electron chi connectivity index (χ4n) is 3.35. The summed E-state index contributed by atoms with van der Waals surface area (Å²) >= 11 is 0. The van der Waals surface area contributed by atoms with E-state index in [9.17, 15) is 14.4 Å². The Kier molecular flexibility index (Phi) is 6.84. The summed E-state index contributed by atoms with van der Waals surface area (Å²) in [5.41, 5.74) is 0. The van der Waals surface area contributed by atoms with Crippen molar-refractivity contribution < 1.29 is 24.2 Å². The molecule has 2 aliphatic rings. The van der Waals surface area contributed by atoms with Crippen LogP contribution in [0.5, 0.6) is 0 Å². The highest BCUT2D eigenvalue weighted by atomic mass is 16.5. The van der Waals surface area contributed by atoms with Crippen LogP contribution in [0, 0.1) is 5.92 Å². The van der Waals surface area contributed by atoms with Crippen molar-refractivity contribution in [3.63, 3.8) is 0 Å². The van der Waals surface area contributed by atoms with Gasteiger partial charge in [0.2, 0.25) is 5.91 Å². The lowest BCUT2D eigenvalue weighted by atomic mass is 9.96. The predicted molar refractivity (Wildman–Crippen MR) is 86.6 cm³/mol. The number of carbonyl (C=O) groups excluding carboxylic acids is 2. The third-order valence-corrected chi connectivity index (χ3v) is 4.62. The number of urea groups is 1. The molecule has 0 aromatic heterocycles. The van der Waals surface area contributed by atoms with Gasteiger partial charge in [-0.25, -0.2) is 4.79 Å².